The Bertz CT molecular complexity index is 3230. The summed E-state index contributed by atoms with van der Waals surface area (Å²) in [5.41, 5.74) is 15.6. The summed E-state index contributed by atoms with van der Waals surface area (Å²) in [6.45, 7) is 0. The molecular formula is C54H35NO2. The van der Waals surface area contributed by atoms with Crippen LogP contribution >= 0.6 is 0 Å². The molecular weight excluding hydrogens is 695 g/mol. The molecule has 3 heteroatoms. The van der Waals surface area contributed by atoms with Gasteiger partial charge in [0.25, 0.3) is 0 Å². The Morgan fingerprint density at radius 3 is 1.68 bits per heavy atom. The van der Waals surface area contributed by atoms with Crippen LogP contribution in [0.5, 0.6) is 0 Å². The second-order valence-electron chi connectivity index (χ2n) is 14.5. The first kappa shape index (κ1) is 32.8. The molecule has 0 unspecified atom stereocenters. The lowest BCUT2D eigenvalue weighted by Gasteiger charge is -2.29. The number of hydrogen-bond acceptors (Lipinski definition) is 3. The molecule has 0 amide bonds. The van der Waals surface area contributed by atoms with Gasteiger partial charge in [0.1, 0.15) is 22.3 Å². The normalized spacial score (nSPS) is 11.5. The molecule has 0 spiro atoms. The Balaban J connectivity index is 1.10. The fourth-order valence-electron chi connectivity index (χ4n) is 8.37. The van der Waals surface area contributed by atoms with Gasteiger partial charge in [-0.3, -0.25) is 0 Å². The molecule has 0 saturated heterocycles. The van der Waals surface area contributed by atoms with Gasteiger partial charge in [-0.2, -0.15) is 0 Å². The third-order valence-corrected chi connectivity index (χ3v) is 11.1. The number of nitrogens with zero attached hydrogens (tertiary/aromatic N) is 1. The van der Waals surface area contributed by atoms with E-state index in [2.05, 4.69) is 199 Å². The fourth-order valence-corrected chi connectivity index (χ4v) is 8.37. The van der Waals surface area contributed by atoms with Gasteiger partial charge in [-0.1, -0.05) is 152 Å². The van der Waals surface area contributed by atoms with Crippen LogP contribution in [0.1, 0.15) is 0 Å². The van der Waals surface area contributed by atoms with Gasteiger partial charge in [-0.25, -0.2) is 0 Å². The molecule has 2 aromatic heterocycles. The van der Waals surface area contributed by atoms with Crippen LogP contribution in [-0.4, -0.2) is 0 Å². The average Bonchev–Trinajstić information content (AvgIpc) is 3.86. The van der Waals surface area contributed by atoms with Crippen molar-refractivity contribution >= 4 is 60.9 Å². The molecule has 2 heterocycles. The molecule has 9 aromatic carbocycles. The van der Waals surface area contributed by atoms with Crippen LogP contribution in [0.3, 0.4) is 0 Å². The van der Waals surface area contributed by atoms with E-state index in [1.165, 1.54) is 11.1 Å². The van der Waals surface area contributed by atoms with Gasteiger partial charge >= 0.3 is 0 Å². The number of hydrogen-bond donors (Lipinski definition) is 0. The standard InChI is InChI=1S/C54H35NO2/c1-3-14-36(15-4-1)37-26-29-42(30-27-37)55(48-23-10-7-20-43(48)38-16-5-2-6-17-38)49-33-32-44(54-53(49)47-22-9-12-25-51(47)57-54)41-19-13-18-39(34-41)40-28-31-46-45-21-8-11-24-50(45)56-52(46)35-40/h1-35H. The molecule has 11 aromatic rings. The number of rotatable bonds is 7. The van der Waals surface area contributed by atoms with Gasteiger partial charge in [-0.05, 0) is 94.0 Å². The maximum absolute atomic E-state index is 6.89. The number of para-hydroxylation sites is 3. The van der Waals surface area contributed by atoms with Crippen LogP contribution in [0.25, 0.3) is 88.4 Å². The molecule has 0 bridgehead atoms. The second-order valence-corrected chi connectivity index (χ2v) is 14.5. The van der Waals surface area contributed by atoms with Crippen LogP contribution in [0.4, 0.5) is 17.1 Å². The number of furan rings is 2. The van der Waals surface area contributed by atoms with Gasteiger partial charge in [0.15, 0.2) is 0 Å². The lowest BCUT2D eigenvalue weighted by Crippen LogP contribution is -2.11. The van der Waals surface area contributed by atoms with Crippen LogP contribution < -0.4 is 4.90 Å². The molecule has 0 aliphatic heterocycles. The Hall–Kier alpha value is -7.62. The highest BCUT2D eigenvalue weighted by Crippen LogP contribution is 2.48. The molecule has 57 heavy (non-hydrogen) atoms. The summed E-state index contributed by atoms with van der Waals surface area (Å²) in [6.07, 6.45) is 0. The van der Waals surface area contributed by atoms with Crippen molar-refractivity contribution in [3.8, 4) is 44.5 Å². The van der Waals surface area contributed by atoms with Crippen LogP contribution in [-0.2, 0) is 0 Å². The quantitative estimate of drug-likeness (QED) is 0.164. The molecule has 0 aliphatic carbocycles. The summed E-state index contributed by atoms with van der Waals surface area (Å²) in [7, 11) is 0. The van der Waals surface area contributed by atoms with Crippen molar-refractivity contribution in [3.05, 3.63) is 212 Å². The van der Waals surface area contributed by atoms with Crippen molar-refractivity contribution in [1.82, 2.24) is 0 Å². The summed E-state index contributed by atoms with van der Waals surface area (Å²) in [5.74, 6) is 0. The van der Waals surface area contributed by atoms with Gasteiger partial charge in [0, 0.05) is 33.0 Å². The van der Waals surface area contributed by atoms with Gasteiger partial charge in [0.05, 0.1) is 16.8 Å². The Labute approximate surface area is 330 Å². The van der Waals surface area contributed by atoms with E-state index in [0.29, 0.717) is 0 Å². The van der Waals surface area contributed by atoms with Crippen LogP contribution in [0, 0.1) is 0 Å². The molecule has 0 saturated carbocycles. The van der Waals surface area contributed by atoms with Crippen molar-refractivity contribution in [1.29, 1.82) is 0 Å². The summed E-state index contributed by atoms with van der Waals surface area (Å²) < 4.78 is 13.2. The zero-order chi connectivity index (χ0) is 37.7. The molecule has 0 N–H and O–H groups in total. The maximum Gasteiger partial charge on any atom is 0.145 e. The highest BCUT2D eigenvalue weighted by atomic mass is 16.3. The topological polar surface area (TPSA) is 29.5 Å². The molecule has 0 aliphatic rings. The van der Waals surface area contributed by atoms with E-state index in [4.69, 9.17) is 8.83 Å². The highest BCUT2D eigenvalue weighted by molar-refractivity contribution is 6.17. The van der Waals surface area contributed by atoms with Crippen molar-refractivity contribution < 1.29 is 8.83 Å². The van der Waals surface area contributed by atoms with Crippen molar-refractivity contribution in [2.45, 2.75) is 0 Å². The molecule has 3 nitrogen and oxygen atoms in total. The summed E-state index contributed by atoms with van der Waals surface area (Å²) in [6, 6.07) is 75.1. The molecule has 0 fully saturated rings. The molecule has 268 valence electrons. The predicted octanol–water partition coefficient (Wildman–Crippen LogP) is 15.6. The van der Waals surface area contributed by atoms with Crippen LogP contribution in [0.2, 0.25) is 0 Å². The number of fused-ring (bicyclic) bond motifs is 6. The lowest BCUT2D eigenvalue weighted by atomic mass is 9.95. The van der Waals surface area contributed by atoms with E-state index in [1.807, 2.05) is 18.2 Å². The zero-order valence-corrected chi connectivity index (χ0v) is 31.0. The van der Waals surface area contributed by atoms with E-state index in [9.17, 15) is 0 Å². The summed E-state index contributed by atoms with van der Waals surface area (Å²) in [5, 5.41) is 4.39. The Kier molecular flexibility index (Phi) is 7.82. The molecule has 0 radical (unpaired) electrons. The minimum atomic E-state index is 0.849. The van der Waals surface area contributed by atoms with Crippen molar-refractivity contribution in [2.24, 2.45) is 0 Å². The minimum Gasteiger partial charge on any atom is -0.456 e. The molecule has 11 rings (SSSR count). The number of benzene rings is 9. The average molecular weight is 730 g/mol. The largest absolute Gasteiger partial charge is 0.456 e. The maximum atomic E-state index is 6.89. The van der Waals surface area contributed by atoms with E-state index in [-0.39, 0.29) is 0 Å². The molecule has 0 atom stereocenters. The predicted molar refractivity (Wildman–Crippen MR) is 237 cm³/mol. The first-order chi connectivity index (χ1) is 28.3. The van der Waals surface area contributed by atoms with E-state index in [1.54, 1.807) is 0 Å². The summed E-state index contributed by atoms with van der Waals surface area (Å²) in [4.78, 5) is 2.39. The highest BCUT2D eigenvalue weighted by Gasteiger charge is 2.24. The van der Waals surface area contributed by atoms with Gasteiger partial charge in [0.2, 0.25) is 0 Å². The smallest absolute Gasteiger partial charge is 0.145 e. The summed E-state index contributed by atoms with van der Waals surface area (Å²) >= 11 is 0. The zero-order valence-electron chi connectivity index (χ0n) is 31.0. The fraction of sp³-hybridized carbons (Fsp3) is 0. The van der Waals surface area contributed by atoms with E-state index in [0.717, 1.165) is 94.3 Å². The SMILES string of the molecule is c1ccc(-c2ccc(N(c3ccccc3-c3ccccc3)c3ccc(-c4cccc(-c5ccc6c(c5)oc5ccccc56)c4)c4oc5ccccc5c34)cc2)cc1. The first-order valence-corrected chi connectivity index (χ1v) is 19.3. The van der Waals surface area contributed by atoms with Crippen molar-refractivity contribution in [3.63, 3.8) is 0 Å². The van der Waals surface area contributed by atoms with Gasteiger partial charge in [-0.15, -0.1) is 0 Å². The van der Waals surface area contributed by atoms with E-state index >= 15 is 0 Å². The van der Waals surface area contributed by atoms with E-state index < -0.39 is 0 Å². The second kappa shape index (κ2) is 13.6. The first-order valence-electron chi connectivity index (χ1n) is 19.3. The lowest BCUT2D eigenvalue weighted by molar-refractivity contribution is 0.669. The number of anilines is 3. The third kappa shape index (κ3) is 5.68. The Morgan fingerprint density at radius 1 is 0.298 bits per heavy atom. The van der Waals surface area contributed by atoms with Crippen molar-refractivity contribution in [2.75, 3.05) is 4.90 Å². The van der Waals surface area contributed by atoms with Gasteiger partial charge < -0.3 is 13.7 Å². The Morgan fingerprint density at radius 2 is 0.877 bits per heavy atom. The monoisotopic (exact) mass is 729 g/mol. The van der Waals surface area contributed by atoms with Crippen LogP contribution in [0.15, 0.2) is 221 Å². The minimum absolute atomic E-state index is 0.849. The third-order valence-electron chi connectivity index (χ3n) is 11.1.